The molecule has 1 aromatic heterocycles. The average Bonchev–Trinajstić information content (AvgIpc) is 2.85. The summed E-state index contributed by atoms with van der Waals surface area (Å²) in [7, 11) is -2.44. The second kappa shape index (κ2) is 5.81. The SMILES string of the molecule is Cn1nc2ccccc2c1S(=O)(=O)Nc1cc(C(N)=O)ccc1Cl. The minimum Gasteiger partial charge on any atom is -0.366 e. The molecule has 124 valence electrons. The number of carbonyl (C=O) groups excluding carboxylic acids is 1. The first-order chi connectivity index (χ1) is 11.3. The molecule has 0 saturated heterocycles. The number of nitrogens with zero attached hydrogens (tertiary/aromatic N) is 2. The van der Waals surface area contributed by atoms with E-state index >= 15 is 0 Å². The van der Waals surface area contributed by atoms with Crippen LogP contribution in [0.25, 0.3) is 10.9 Å². The molecule has 7 nitrogen and oxygen atoms in total. The largest absolute Gasteiger partial charge is 0.366 e. The predicted molar refractivity (Wildman–Crippen MR) is 91.5 cm³/mol. The molecule has 3 rings (SSSR count). The molecule has 1 heterocycles. The number of primary amides is 1. The molecule has 24 heavy (non-hydrogen) atoms. The second-order valence-electron chi connectivity index (χ2n) is 5.11. The van der Waals surface area contributed by atoms with E-state index in [1.165, 1.54) is 29.9 Å². The van der Waals surface area contributed by atoms with E-state index in [-0.39, 0.29) is 21.3 Å². The molecule has 0 fully saturated rings. The number of nitrogens with two attached hydrogens (primary N) is 1. The highest BCUT2D eigenvalue weighted by atomic mass is 35.5. The van der Waals surface area contributed by atoms with E-state index in [0.717, 1.165) is 0 Å². The van der Waals surface area contributed by atoms with Crippen molar-refractivity contribution < 1.29 is 13.2 Å². The molecule has 0 radical (unpaired) electrons. The number of amides is 1. The molecular formula is C15H13ClN4O3S. The van der Waals surface area contributed by atoms with Crippen molar-refractivity contribution in [3.63, 3.8) is 0 Å². The zero-order chi connectivity index (χ0) is 17.5. The van der Waals surface area contributed by atoms with Gasteiger partial charge in [0.15, 0.2) is 5.03 Å². The fourth-order valence-electron chi connectivity index (χ4n) is 2.39. The number of hydrogen-bond acceptors (Lipinski definition) is 4. The number of nitrogens with one attached hydrogen (secondary N) is 1. The van der Waals surface area contributed by atoms with Crippen LogP contribution in [0.2, 0.25) is 5.02 Å². The van der Waals surface area contributed by atoms with Gasteiger partial charge in [-0.15, -0.1) is 0 Å². The number of hydrogen-bond donors (Lipinski definition) is 2. The Balaban J connectivity index is 2.10. The molecule has 0 bridgehead atoms. The van der Waals surface area contributed by atoms with Gasteiger partial charge < -0.3 is 5.73 Å². The van der Waals surface area contributed by atoms with Gasteiger partial charge in [-0.3, -0.25) is 14.2 Å². The maximum absolute atomic E-state index is 12.8. The van der Waals surface area contributed by atoms with Gasteiger partial charge in [0, 0.05) is 18.0 Å². The van der Waals surface area contributed by atoms with E-state index in [1.807, 2.05) is 0 Å². The van der Waals surface area contributed by atoms with Crippen molar-refractivity contribution in [1.82, 2.24) is 9.78 Å². The lowest BCUT2D eigenvalue weighted by Crippen LogP contribution is -2.18. The first-order valence-electron chi connectivity index (χ1n) is 6.83. The van der Waals surface area contributed by atoms with E-state index in [9.17, 15) is 13.2 Å². The molecule has 3 N–H and O–H groups in total. The van der Waals surface area contributed by atoms with Gasteiger partial charge in [0.25, 0.3) is 10.0 Å². The minimum absolute atomic E-state index is 0.00125. The van der Waals surface area contributed by atoms with E-state index in [1.54, 1.807) is 24.3 Å². The molecular weight excluding hydrogens is 352 g/mol. The van der Waals surface area contributed by atoms with Crippen molar-refractivity contribution in [2.24, 2.45) is 12.8 Å². The van der Waals surface area contributed by atoms with E-state index in [0.29, 0.717) is 10.9 Å². The molecule has 0 saturated carbocycles. The van der Waals surface area contributed by atoms with Gasteiger partial charge in [0.2, 0.25) is 5.91 Å². The first-order valence-corrected chi connectivity index (χ1v) is 8.69. The van der Waals surface area contributed by atoms with Crippen molar-refractivity contribution in [2.45, 2.75) is 5.03 Å². The van der Waals surface area contributed by atoms with E-state index in [4.69, 9.17) is 17.3 Å². The van der Waals surface area contributed by atoms with E-state index in [2.05, 4.69) is 9.82 Å². The van der Waals surface area contributed by atoms with Crippen molar-refractivity contribution >= 4 is 44.1 Å². The third-order valence-corrected chi connectivity index (χ3v) is 5.25. The van der Waals surface area contributed by atoms with Crippen molar-refractivity contribution in [1.29, 1.82) is 0 Å². The number of benzene rings is 2. The molecule has 0 aliphatic rings. The van der Waals surface area contributed by atoms with Gasteiger partial charge >= 0.3 is 0 Å². The van der Waals surface area contributed by atoms with E-state index < -0.39 is 15.9 Å². The molecule has 9 heteroatoms. The maximum atomic E-state index is 12.8. The summed E-state index contributed by atoms with van der Waals surface area (Å²) < 4.78 is 29.2. The Morgan fingerprint density at radius 1 is 1.25 bits per heavy atom. The third kappa shape index (κ3) is 2.81. The molecule has 0 aliphatic carbocycles. The Hall–Kier alpha value is -2.58. The summed E-state index contributed by atoms with van der Waals surface area (Å²) in [5.74, 6) is -0.682. The molecule has 0 aliphatic heterocycles. The lowest BCUT2D eigenvalue weighted by molar-refractivity contribution is 0.100. The molecule has 0 spiro atoms. The Morgan fingerprint density at radius 2 is 1.96 bits per heavy atom. The van der Waals surface area contributed by atoms with Crippen LogP contribution in [-0.2, 0) is 17.1 Å². The van der Waals surface area contributed by atoms with Crippen LogP contribution in [0.5, 0.6) is 0 Å². The maximum Gasteiger partial charge on any atom is 0.279 e. The van der Waals surface area contributed by atoms with Gasteiger partial charge in [-0.25, -0.2) is 0 Å². The van der Waals surface area contributed by atoms with Crippen LogP contribution in [0.3, 0.4) is 0 Å². The Bertz CT molecular complexity index is 1060. The van der Waals surface area contributed by atoms with Crippen LogP contribution in [0.1, 0.15) is 10.4 Å². The normalized spacial score (nSPS) is 11.6. The standard InChI is InChI=1S/C15H13ClN4O3S/c1-20-15(10-4-2-3-5-12(10)18-20)24(22,23)19-13-8-9(14(17)21)6-7-11(13)16/h2-8,19H,1H3,(H2,17,21). The highest BCUT2D eigenvalue weighted by Crippen LogP contribution is 2.28. The summed E-state index contributed by atoms with van der Waals surface area (Å²) in [5, 5.41) is 4.81. The number of aryl methyl sites for hydroxylation is 1. The van der Waals surface area contributed by atoms with Crippen LogP contribution >= 0.6 is 11.6 Å². The Morgan fingerprint density at radius 3 is 2.67 bits per heavy atom. The zero-order valence-corrected chi connectivity index (χ0v) is 14.1. The average molecular weight is 365 g/mol. The number of sulfonamides is 1. The minimum atomic E-state index is -3.98. The summed E-state index contributed by atoms with van der Waals surface area (Å²) in [6.45, 7) is 0. The number of rotatable bonds is 4. The van der Waals surface area contributed by atoms with Crippen LogP contribution in [-0.4, -0.2) is 24.1 Å². The fourth-order valence-corrected chi connectivity index (χ4v) is 4.02. The number of fused-ring (bicyclic) bond motifs is 1. The van der Waals surface area contributed by atoms with Gasteiger partial charge in [0.05, 0.1) is 16.2 Å². The Kier molecular flexibility index (Phi) is 3.94. The molecule has 3 aromatic rings. The summed E-state index contributed by atoms with van der Waals surface area (Å²) in [5.41, 5.74) is 5.98. The molecule has 0 atom stereocenters. The number of anilines is 1. The van der Waals surface area contributed by atoms with Crippen molar-refractivity contribution in [3.8, 4) is 0 Å². The van der Waals surface area contributed by atoms with Crippen LogP contribution < -0.4 is 10.5 Å². The number of carbonyl (C=O) groups is 1. The fraction of sp³-hybridized carbons (Fsp3) is 0.0667. The summed E-state index contributed by atoms with van der Waals surface area (Å²) >= 11 is 6.02. The topological polar surface area (TPSA) is 107 Å². The monoisotopic (exact) mass is 364 g/mol. The van der Waals surface area contributed by atoms with Gasteiger partial charge in [-0.2, -0.15) is 13.5 Å². The van der Waals surface area contributed by atoms with Crippen LogP contribution in [0.15, 0.2) is 47.5 Å². The molecule has 1 amide bonds. The Labute approximate surface area is 143 Å². The summed E-state index contributed by atoms with van der Waals surface area (Å²) in [4.78, 5) is 11.3. The van der Waals surface area contributed by atoms with Crippen molar-refractivity contribution in [2.75, 3.05) is 4.72 Å². The molecule has 2 aromatic carbocycles. The predicted octanol–water partition coefficient (Wildman–Crippen LogP) is 2.13. The highest BCUT2D eigenvalue weighted by Gasteiger charge is 2.24. The lowest BCUT2D eigenvalue weighted by atomic mass is 10.2. The quantitative estimate of drug-likeness (QED) is 0.739. The van der Waals surface area contributed by atoms with Crippen LogP contribution in [0.4, 0.5) is 5.69 Å². The smallest absolute Gasteiger partial charge is 0.279 e. The van der Waals surface area contributed by atoms with Gasteiger partial charge in [-0.1, -0.05) is 23.7 Å². The van der Waals surface area contributed by atoms with Crippen molar-refractivity contribution in [3.05, 3.63) is 53.1 Å². The highest BCUT2D eigenvalue weighted by molar-refractivity contribution is 7.92. The lowest BCUT2D eigenvalue weighted by Gasteiger charge is -2.11. The zero-order valence-electron chi connectivity index (χ0n) is 12.5. The third-order valence-electron chi connectivity index (χ3n) is 3.44. The number of halogens is 1. The number of aromatic nitrogens is 2. The first kappa shape index (κ1) is 16.3. The van der Waals surface area contributed by atoms with Gasteiger partial charge in [0.1, 0.15) is 0 Å². The molecule has 0 unspecified atom stereocenters. The second-order valence-corrected chi connectivity index (χ2v) is 7.12. The van der Waals surface area contributed by atoms with Gasteiger partial charge in [-0.05, 0) is 30.3 Å². The summed E-state index contributed by atoms with van der Waals surface area (Å²) in [6, 6.07) is 11.0. The van der Waals surface area contributed by atoms with Crippen LogP contribution in [0, 0.1) is 0 Å². The summed E-state index contributed by atoms with van der Waals surface area (Å²) in [6.07, 6.45) is 0.